The van der Waals surface area contributed by atoms with Crippen LogP contribution in [-0.2, 0) is 14.8 Å². The maximum atomic E-state index is 12.2. The van der Waals surface area contributed by atoms with Crippen LogP contribution in [0.5, 0.6) is 0 Å². The molecule has 0 radical (unpaired) electrons. The van der Waals surface area contributed by atoms with Gasteiger partial charge in [0.2, 0.25) is 15.9 Å². The van der Waals surface area contributed by atoms with Gasteiger partial charge in [0.25, 0.3) is 0 Å². The van der Waals surface area contributed by atoms with Crippen LogP contribution in [0.15, 0.2) is 18.2 Å². The Morgan fingerprint density at radius 1 is 1.23 bits per heavy atom. The Kier molecular flexibility index (Phi) is 5.45. The van der Waals surface area contributed by atoms with Gasteiger partial charge in [-0.1, -0.05) is 25.8 Å². The van der Waals surface area contributed by atoms with Crippen LogP contribution in [0.1, 0.15) is 44.6 Å². The minimum Gasteiger partial charge on any atom is -0.326 e. The zero-order chi connectivity index (χ0) is 16.2. The first kappa shape index (κ1) is 16.8. The zero-order valence-corrected chi connectivity index (χ0v) is 14.0. The lowest BCUT2D eigenvalue weighted by molar-refractivity contribution is -0.119. The van der Waals surface area contributed by atoms with E-state index >= 15 is 0 Å². The maximum Gasteiger partial charge on any atom is 0.232 e. The van der Waals surface area contributed by atoms with Gasteiger partial charge in [-0.15, -0.1) is 0 Å². The van der Waals surface area contributed by atoms with Crippen molar-refractivity contribution in [1.29, 1.82) is 0 Å². The molecule has 5 nitrogen and oxygen atoms in total. The van der Waals surface area contributed by atoms with Gasteiger partial charge in [-0.05, 0) is 43.9 Å². The standard InChI is InChI=1S/C16H24N2O3S/c1-3-11-22(20,21)18-15-10-6-9-14(12(15)2)17-16(19)13-7-4-5-8-13/h6,9-10,13,18H,3-5,7-8,11H2,1-2H3,(H,17,19). The Labute approximate surface area is 132 Å². The first-order valence-corrected chi connectivity index (χ1v) is 9.49. The summed E-state index contributed by atoms with van der Waals surface area (Å²) >= 11 is 0. The van der Waals surface area contributed by atoms with E-state index in [0.717, 1.165) is 31.2 Å². The second-order valence-corrected chi connectivity index (χ2v) is 7.71. The van der Waals surface area contributed by atoms with Crippen LogP contribution in [0, 0.1) is 12.8 Å². The first-order chi connectivity index (χ1) is 10.4. The van der Waals surface area contributed by atoms with Crippen molar-refractivity contribution in [2.24, 2.45) is 5.92 Å². The number of carbonyl (C=O) groups is 1. The van der Waals surface area contributed by atoms with Crippen molar-refractivity contribution in [2.45, 2.75) is 46.0 Å². The summed E-state index contributed by atoms with van der Waals surface area (Å²) in [5, 5.41) is 2.94. The molecular weight excluding hydrogens is 300 g/mol. The minimum atomic E-state index is -3.33. The molecule has 0 saturated heterocycles. The number of sulfonamides is 1. The van der Waals surface area contributed by atoms with Crippen molar-refractivity contribution in [3.8, 4) is 0 Å². The number of rotatable bonds is 6. The van der Waals surface area contributed by atoms with E-state index in [1.54, 1.807) is 18.2 Å². The van der Waals surface area contributed by atoms with Gasteiger partial charge < -0.3 is 5.32 Å². The van der Waals surface area contributed by atoms with Crippen LogP contribution in [0.4, 0.5) is 11.4 Å². The fourth-order valence-electron chi connectivity index (χ4n) is 2.79. The molecule has 0 aliphatic heterocycles. The molecule has 6 heteroatoms. The largest absolute Gasteiger partial charge is 0.326 e. The number of carbonyl (C=O) groups excluding carboxylic acids is 1. The van der Waals surface area contributed by atoms with Crippen LogP contribution >= 0.6 is 0 Å². The summed E-state index contributed by atoms with van der Waals surface area (Å²) in [6.45, 7) is 3.64. The van der Waals surface area contributed by atoms with Gasteiger partial charge in [-0.3, -0.25) is 9.52 Å². The molecule has 2 N–H and O–H groups in total. The number of anilines is 2. The van der Waals surface area contributed by atoms with E-state index in [2.05, 4.69) is 10.0 Å². The highest BCUT2D eigenvalue weighted by Gasteiger charge is 2.23. The van der Waals surface area contributed by atoms with Gasteiger partial charge in [0.05, 0.1) is 11.4 Å². The number of nitrogens with one attached hydrogen (secondary N) is 2. The van der Waals surface area contributed by atoms with Crippen LogP contribution in [0.25, 0.3) is 0 Å². The topological polar surface area (TPSA) is 75.3 Å². The minimum absolute atomic E-state index is 0.0363. The molecule has 0 atom stereocenters. The molecular formula is C16H24N2O3S. The highest BCUT2D eigenvalue weighted by molar-refractivity contribution is 7.92. The number of amides is 1. The van der Waals surface area contributed by atoms with E-state index in [4.69, 9.17) is 0 Å². The molecule has 0 spiro atoms. The molecule has 1 aliphatic carbocycles. The van der Waals surface area contributed by atoms with Gasteiger partial charge in [0.1, 0.15) is 0 Å². The van der Waals surface area contributed by atoms with Crippen molar-refractivity contribution in [1.82, 2.24) is 0 Å². The number of hydrogen-bond donors (Lipinski definition) is 2. The third kappa shape index (κ3) is 4.22. The van der Waals surface area contributed by atoms with Crippen molar-refractivity contribution in [3.63, 3.8) is 0 Å². The smallest absolute Gasteiger partial charge is 0.232 e. The summed E-state index contributed by atoms with van der Waals surface area (Å²) < 4.78 is 26.4. The Morgan fingerprint density at radius 2 is 1.86 bits per heavy atom. The number of hydrogen-bond acceptors (Lipinski definition) is 3. The molecule has 1 amide bonds. The van der Waals surface area contributed by atoms with Crippen LogP contribution in [0.3, 0.4) is 0 Å². The first-order valence-electron chi connectivity index (χ1n) is 7.84. The van der Waals surface area contributed by atoms with Crippen molar-refractivity contribution in [3.05, 3.63) is 23.8 Å². The van der Waals surface area contributed by atoms with Gasteiger partial charge >= 0.3 is 0 Å². The van der Waals surface area contributed by atoms with E-state index in [0.29, 0.717) is 17.8 Å². The van der Waals surface area contributed by atoms with Crippen LogP contribution in [0.2, 0.25) is 0 Å². The summed E-state index contributed by atoms with van der Waals surface area (Å²) in [4.78, 5) is 12.2. The predicted molar refractivity (Wildman–Crippen MR) is 89.5 cm³/mol. The zero-order valence-electron chi connectivity index (χ0n) is 13.2. The summed E-state index contributed by atoms with van der Waals surface area (Å²) in [5.74, 6) is 0.208. The van der Waals surface area contributed by atoms with E-state index < -0.39 is 10.0 Å². The molecule has 0 aromatic heterocycles. The van der Waals surface area contributed by atoms with Gasteiger partial charge in [0, 0.05) is 11.6 Å². The summed E-state index contributed by atoms with van der Waals surface area (Å²) in [7, 11) is -3.33. The molecule has 0 heterocycles. The quantitative estimate of drug-likeness (QED) is 0.843. The number of benzene rings is 1. The summed E-state index contributed by atoms with van der Waals surface area (Å²) in [6.07, 6.45) is 4.65. The summed E-state index contributed by atoms with van der Waals surface area (Å²) in [5.41, 5.74) is 1.94. The Hall–Kier alpha value is -1.56. The molecule has 2 rings (SSSR count). The van der Waals surface area contributed by atoms with Crippen molar-refractivity contribution < 1.29 is 13.2 Å². The average Bonchev–Trinajstić information content (AvgIpc) is 2.97. The Balaban J connectivity index is 2.13. The normalized spacial score (nSPS) is 15.7. The molecule has 1 aromatic rings. The average molecular weight is 324 g/mol. The highest BCUT2D eigenvalue weighted by atomic mass is 32.2. The second-order valence-electron chi connectivity index (χ2n) is 5.87. The molecule has 0 bridgehead atoms. The fraction of sp³-hybridized carbons (Fsp3) is 0.562. The Bertz CT molecular complexity index is 635. The van der Waals surface area contributed by atoms with Crippen LogP contribution < -0.4 is 10.0 Å². The lowest BCUT2D eigenvalue weighted by Crippen LogP contribution is -2.21. The van der Waals surface area contributed by atoms with E-state index in [-0.39, 0.29) is 17.6 Å². The van der Waals surface area contributed by atoms with Crippen molar-refractivity contribution in [2.75, 3.05) is 15.8 Å². The SMILES string of the molecule is CCCS(=O)(=O)Nc1cccc(NC(=O)C2CCCC2)c1C. The van der Waals surface area contributed by atoms with Gasteiger partial charge in [-0.2, -0.15) is 0 Å². The molecule has 1 saturated carbocycles. The molecule has 1 aromatic carbocycles. The van der Waals surface area contributed by atoms with Gasteiger partial charge in [-0.25, -0.2) is 8.42 Å². The van der Waals surface area contributed by atoms with Gasteiger partial charge in [0.15, 0.2) is 0 Å². The lowest BCUT2D eigenvalue weighted by atomic mass is 10.1. The van der Waals surface area contributed by atoms with Crippen molar-refractivity contribution >= 4 is 27.3 Å². The summed E-state index contributed by atoms with van der Waals surface area (Å²) in [6, 6.07) is 5.27. The third-order valence-electron chi connectivity index (χ3n) is 4.06. The molecule has 1 aliphatic rings. The van der Waals surface area contributed by atoms with E-state index in [1.165, 1.54) is 0 Å². The second kappa shape index (κ2) is 7.13. The van der Waals surface area contributed by atoms with E-state index in [1.807, 2.05) is 13.8 Å². The lowest BCUT2D eigenvalue weighted by Gasteiger charge is -2.16. The predicted octanol–water partition coefficient (Wildman–Crippen LogP) is 3.28. The molecule has 122 valence electrons. The molecule has 22 heavy (non-hydrogen) atoms. The molecule has 0 unspecified atom stereocenters. The Morgan fingerprint density at radius 3 is 2.50 bits per heavy atom. The highest BCUT2D eigenvalue weighted by Crippen LogP contribution is 2.28. The maximum absolute atomic E-state index is 12.2. The molecule has 1 fully saturated rings. The fourth-order valence-corrected chi connectivity index (χ4v) is 3.99. The van der Waals surface area contributed by atoms with Crippen LogP contribution in [-0.4, -0.2) is 20.1 Å². The van der Waals surface area contributed by atoms with E-state index in [9.17, 15) is 13.2 Å². The third-order valence-corrected chi connectivity index (χ3v) is 5.53. The monoisotopic (exact) mass is 324 g/mol.